The van der Waals surface area contributed by atoms with E-state index in [4.69, 9.17) is 4.42 Å². The van der Waals surface area contributed by atoms with Gasteiger partial charge in [0.25, 0.3) is 11.5 Å². The van der Waals surface area contributed by atoms with Crippen LogP contribution in [0.25, 0.3) is 17.4 Å². The maximum absolute atomic E-state index is 12.8. The van der Waals surface area contributed by atoms with Gasteiger partial charge in [0.2, 0.25) is 5.95 Å². The summed E-state index contributed by atoms with van der Waals surface area (Å²) >= 11 is 0. The lowest BCUT2D eigenvalue weighted by Gasteiger charge is -2.09. The van der Waals surface area contributed by atoms with Gasteiger partial charge in [-0.05, 0) is 37.6 Å². The summed E-state index contributed by atoms with van der Waals surface area (Å²) in [5.41, 5.74) is 2.37. The molecule has 1 amide bonds. The summed E-state index contributed by atoms with van der Waals surface area (Å²) in [6, 6.07) is 13.9. The van der Waals surface area contributed by atoms with Crippen molar-refractivity contribution in [3.05, 3.63) is 82.0 Å². The van der Waals surface area contributed by atoms with E-state index in [0.717, 1.165) is 12.0 Å². The van der Waals surface area contributed by atoms with Crippen LogP contribution in [0.2, 0.25) is 0 Å². The number of furan rings is 1. The first kappa shape index (κ1) is 19.4. The molecule has 4 rings (SSSR count). The summed E-state index contributed by atoms with van der Waals surface area (Å²) in [6.07, 6.45) is 3.05. The van der Waals surface area contributed by atoms with Gasteiger partial charge in [-0.15, -0.1) is 0 Å². The van der Waals surface area contributed by atoms with Crippen LogP contribution < -0.4 is 10.9 Å². The van der Waals surface area contributed by atoms with Crippen molar-refractivity contribution in [3.8, 4) is 17.4 Å². The third kappa shape index (κ3) is 4.07. The number of nitrogens with one attached hydrogen (secondary N) is 2. The molecule has 0 aliphatic heterocycles. The van der Waals surface area contributed by atoms with Crippen LogP contribution in [0.1, 0.15) is 35.0 Å². The van der Waals surface area contributed by atoms with E-state index >= 15 is 0 Å². The minimum atomic E-state index is -0.294. The van der Waals surface area contributed by atoms with E-state index in [-0.39, 0.29) is 17.4 Å². The summed E-state index contributed by atoms with van der Waals surface area (Å²) in [4.78, 5) is 32.2. The van der Waals surface area contributed by atoms with Crippen LogP contribution in [-0.2, 0) is 6.42 Å². The molecule has 0 spiro atoms. The second kappa shape index (κ2) is 8.20. The quantitative estimate of drug-likeness (QED) is 0.510. The first-order chi connectivity index (χ1) is 14.5. The van der Waals surface area contributed by atoms with Crippen molar-refractivity contribution >= 4 is 11.7 Å². The molecule has 8 nitrogen and oxygen atoms in total. The summed E-state index contributed by atoms with van der Waals surface area (Å²) in [6.45, 7) is 3.93. The van der Waals surface area contributed by atoms with Crippen molar-refractivity contribution < 1.29 is 9.21 Å². The minimum Gasteiger partial charge on any atom is -0.463 e. The number of benzene rings is 1. The van der Waals surface area contributed by atoms with Crippen molar-refractivity contribution in [1.82, 2.24) is 19.7 Å². The Morgan fingerprint density at radius 3 is 2.80 bits per heavy atom. The first-order valence-corrected chi connectivity index (χ1v) is 9.66. The average Bonchev–Trinajstić information content (AvgIpc) is 3.37. The molecule has 0 saturated carbocycles. The molecular formula is C22H21N5O3. The number of aromatic nitrogens is 4. The second-order valence-corrected chi connectivity index (χ2v) is 6.94. The second-order valence-electron chi connectivity index (χ2n) is 6.94. The van der Waals surface area contributed by atoms with Gasteiger partial charge in [0.05, 0.1) is 6.26 Å². The zero-order valence-corrected chi connectivity index (χ0v) is 16.7. The van der Waals surface area contributed by atoms with Crippen molar-refractivity contribution in [1.29, 1.82) is 0 Å². The van der Waals surface area contributed by atoms with Gasteiger partial charge >= 0.3 is 0 Å². The smallest absolute Gasteiger partial charge is 0.256 e. The SMILES string of the molecule is CCCc1cc(=O)[nH]c(-n2nc(-c3ccco3)cc2NC(=O)c2cccc(C)c2)n1. The topological polar surface area (TPSA) is 106 Å². The molecule has 0 radical (unpaired) electrons. The predicted molar refractivity (Wildman–Crippen MR) is 113 cm³/mol. The molecule has 0 aliphatic carbocycles. The first-order valence-electron chi connectivity index (χ1n) is 9.66. The van der Waals surface area contributed by atoms with Crippen LogP contribution in [0.3, 0.4) is 0 Å². The molecular weight excluding hydrogens is 382 g/mol. The molecule has 0 aliphatic rings. The number of nitrogens with zero attached hydrogens (tertiary/aromatic N) is 3. The van der Waals surface area contributed by atoms with Crippen LogP contribution in [0.4, 0.5) is 5.82 Å². The summed E-state index contributed by atoms with van der Waals surface area (Å²) < 4.78 is 6.84. The Morgan fingerprint density at radius 1 is 1.20 bits per heavy atom. The van der Waals surface area contributed by atoms with Gasteiger partial charge in [-0.2, -0.15) is 9.78 Å². The van der Waals surface area contributed by atoms with E-state index in [9.17, 15) is 9.59 Å². The lowest BCUT2D eigenvalue weighted by atomic mass is 10.1. The molecule has 1 aromatic carbocycles. The van der Waals surface area contributed by atoms with Crippen LogP contribution >= 0.6 is 0 Å². The van der Waals surface area contributed by atoms with Crippen molar-refractivity contribution in [2.75, 3.05) is 5.32 Å². The molecule has 0 fully saturated rings. The molecule has 152 valence electrons. The average molecular weight is 403 g/mol. The van der Waals surface area contributed by atoms with Crippen LogP contribution in [0.15, 0.2) is 64.0 Å². The summed E-state index contributed by atoms with van der Waals surface area (Å²) in [7, 11) is 0. The number of amides is 1. The lowest BCUT2D eigenvalue weighted by Crippen LogP contribution is -2.19. The highest BCUT2D eigenvalue weighted by atomic mass is 16.3. The Hall–Kier alpha value is -3.94. The van der Waals surface area contributed by atoms with Gasteiger partial charge in [-0.3, -0.25) is 14.6 Å². The fourth-order valence-electron chi connectivity index (χ4n) is 3.13. The van der Waals surface area contributed by atoms with Crippen LogP contribution in [0.5, 0.6) is 0 Å². The maximum Gasteiger partial charge on any atom is 0.256 e. The van der Waals surface area contributed by atoms with Crippen molar-refractivity contribution in [2.24, 2.45) is 0 Å². The number of rotatable bonds is 6. The van der Waals surface area contributed by atoms with E-state index in [1.165, 1.54) is 10.7 Å². The fraction of sp³-hybridized carbons (Fsp3) is 0.182. The number of hydrogen-bond donors (Lipinski definition) is 2. The van der Waals surface area contributed by atoms with Gasteiger partial charge in [0.1, 0.15) is 11.5 Å². The molecule has 3 aromatic heterocycles. The number of aromatic amines is 1. The molecule has 30 heavy (non-hydrogen) atoms. The van der Waals surface area contributed by atoms with Gasteiger partial charge in [0, 0.05) is 23.4 Å². The molecule has 3 heterocycles. The monoisotopic (exact) mass is 403 g/mol. The Kier molecular flexibility index (Phi) is 5.30. The highest BCUT2D eigenvalue weighted by molar-refractivity contribution is 6.04. The molecule has 2 N–H and O–H groups in total. The summed E-state index contributed by atoms with van der Waals surface area (Å²) in [5, 5.41) is 7.37. The minimum absolute atomic E-state index is 0.225. The highest BCUT2D eigenvalue weighted by Gasteiger charge is 2.18. The highest BCUT2D eigenvalue weighted by Crippen LogP contribution is 2.24. The molecule has 8 heteroatoms. The van der Waals surface area contributed by atoms with E-state index in [1.54, 1.807) is 36.6 Å². The molecule has 4 aromatic rings. The summed E-state index contributed by atoms with van der Waals surface area (Å²) in [5.74, 6) is 0.831. The molecule has 0 atom stereocenters. The number of aryl methyl sites for hydroxylation is 2. The number of carbonyl (C=O) groups excluding carboxylic acids is 1. The molecule has 0 unspecified atom stereocenters. The normalized spacial score (nSPS) is 10.9. The van der Waals surface area contributed by atoms with Crippen molar-refractivity contribution in [2.45, 2.75) is 26.7 Å². The van der Waals surface area contributed by atoms with Crippen LogP contribution in [-0.4, -0.2) is 25.7 Å². The molecule has 0 bridgehead atoms. The Bertz CT molecular complexity index is 1240. The largest absolute Gasteiger partial charge is 0.463 e. The van der Waals surface area contributed by atoms with Gasteiger partial charge < -0.3 is 9.73 Å². The van der Waals surface area contributed by atoms with E-state index < -0.39 is 0 Å². The van der Waals surface area contributed by atoms with E-state index in [0.29, 0.717) is 35.0 Å². The number of carbonyl (C=O) groups is 1. The number of hydrogen-bond acceptors (Lipinski definition) is 5. The number of H-pyrrole nitrogens is 1. The molecule has 0 saturated heterocycles. The Labute approximate surface area is 172 Å². The van der Waals surface area contributed by atoms with E-state index in [1.807, 2.05) is 26.0 Å². The van der Waals surface area contributed by atoms with E-state index in [2.05, 4.69) is 20.4 Å². The van der Waals surface area contributed by atoms with Crippen LogP contribution in [0, 0.1) is 6.92 Å². The number of anilines is 1. The zero-order valence-electron chi connectivity index (χ0n) is 16.7. The Morgan fingerprint density at radius 2 is 2.07 bits per heavy atom. The third-order valence-corrected chi connectivity index (χ3v) is 4.49. The lowest BCUT2D eigenvalue weighted by molar-refractivity contribution is 0.102. The van der Waals surface area contributed by atoms with Gasteiger partial charge in [-0.1, -0.05) is 31.0 Å². The zero-order chi connectivity index (χ0) is 21.1. The fourth-order valence-corrected chi connectivity index (χ4v) is 3.13. The predicted octanol–water partition coefficient (Wildman–Crippen LogP) is 3.73. The van der Waals surface area contributed by atoms with Gasteiger partial charge in [0.15, 0.2) is 5.76 Å². The third-order valence-electron chi connectivity index (χ3n) is 4.49. The Balaban J connectivity index is 1.78. The van der Waals surface area contributed by atoms with Gasteiger partial charge in [-0.25, -0.2) is 4.98 Å². The van der Waals surface area contributed by atoms with Crippen molar-refractivity contribution in [3.63, 3.8) is 0 Å². The standard InChI is InChI=1S/C22H21N5O3/c1-3-6-16-12-20(28)25-22(23-16)27-19(13-17(26-27)18-9-5-10-30-18)24-21(29)15-8-4-7-14(2)11-15/h4-5,7-13H,3,6H2,1-2H3,(H,24,29)(H,23,25,28). The maximum atomic E-state index is 12.8.